The molecule has 2 heterocycles. The van der Waals surface area contributed by atoms with Crippen molar-refractivity contribution in [3.8, 4) is 0 Å². The molecule has 3 rings (SSSR count). The Morgan fingerprint density at radius 3 is 2.74 bits per heavy atom. The van der Waals surface area contributed by atoms with Crippen molar-refractivity contribution in [3.05, 3.63) is 53.6 Å². The highest BCUT2D eigenvalue weighted by Crippen LogP contribution is 2.30. The maximum absolute atomic E-state index is 12.7. The normalized spacial score (nSPS) is 16.5. The summed E-state index contributed by atoms with van der Waals surface area (Å²) in [7, 11) is 0. The van der Waals surface area contributed by atoms with Crippen molar-refractivity contribution >= 4 is 0 Å². The van der Waals surface area contributed by atoms with Crippen LogP contribution in [0.3, 0.4) is 0 Å². The van der Waals surface area contributed by atoms with Crippen LogP contribution < -0.4 is 0 Å². The first-order valence-corrected chi connectivity index (χ1v) is 7.84. The van der Waals surface area contributed by atoms with E-state index < -0.39 is 11.7 Å². The molecule has 1 aliphatic heterocycles. The molecule has 6 heteroatoms. The summed E-state index contributed by atoms with van der Waals surface area (Å²) in [6.07, 6.45) is 0.450. The summed E-state index contributed by atoms with van der Waals surface area (Å²) in [6, 6.07) is 5.61. The first kappa shape index (κ1) is 16.1. The molecule has 0 radical (unpaired) electrons. The number of rotatable bonds is 5. The molecule has 0 N–H and O–H groups in total. The first-order valence-electron chi connectivity index (χ1n) is 7.84. The Kier molecular flexibility index (Phi) is 4.43. The lowest BCUT2D eigenvalue weighted by molar-refractivity contribution is -0.137. The van der Waals surface area contributed by atoms with Crippen molar-refractivity contribution in [2.24, 2.45) is 5.92 Å². The van der Waals surface area contributed by atoms with Crippen LogP contribution in [-0.2, 0) is 25.7 Å². The number of halogens is 3. The fourth-order valence-corrected chi connectivity index (χ4v) is 3.12. The third kappa shape index (κ3) is 3.75. The summed E-state index contributed by atoms with van der Waals surface area (Å²) in [5, 5.41) is 0. The lowest BCUT2D eigenvalue weighted by atomic mass is 9.98. The number of alkyl halides is 3. The molecule has 0 aliphatic carbocycles. The Bertz CT molecular complexity index is 657. The van der Waals surface area contributed by atoms with Gasteiger partial charge in [0.05, 0.1) is 5.56 Å². The fourth-order valence-electron chi connectivity index (χ4n) is 3.12. The Labute approximate surface area is 133 Å². The number of hydrogen-bond acceptors (Lipinski definition) is 2. The van der Waals surface area contributed by atoms with Crippen molar-refractivity contribution in [2.45, 2.75) is 32.6 Å². The van der Waals surface area contributed by atoms with E-state index in [1.165, 1.54) is 12.1 Å². The van der Waals surface area contributed by atoms with Crippen LogP contribution in [0, 0.1) is 5.92 Å². The van der Waals surface area contributed by atoms with Gasteiger partial charge in [-0.15, -0.1) is 0 Å². The number of aromatic nitrogens is 2. The third-order valence-corrected chi connectivity index (χ3v) is 4.27. The topological polar surface area (TPSA) is 21.1 Å². The van der Waals surface area contributed by atoms with Crippen LogP contribution in [-0.4, -0.2) is 27.5 Å². The van der Waals surface area contributed by atoms with Crippen molar-refractivity contribution in [1.82, 2.24) is 14.5 Å². The van der Waals surface area contributed by atoms with Crippen LogP contribution in [0.2, 0.25) is 0 Å². The van der Waals surface area contributed by atoms with E-state index in [0.29, 0.717) is 12.5 Å². The van der Waals surface area contributed by atoms with Crippen LogP contribution in [0.15, 0.2) is 36.7 Å². The first-order chi connectivity index (χ1) is 11.0. The van der Waals surface area contributed by atoms with Crippen molar-refractivity contribution in [3.63, 3.8) is 0 Å². The molecule has 1 aromatic carbocycles. The molecule has 3 nitrogen and oxygen atoms in total. The van der Waals surface area contributed by atoms with Gasteiger partial charge in [0.15, 0.2) is 0 Å². The fraction of sp³-hybridized carbons (Fsp3) is 0.471. The second-order valence-electron chi connectivity index (χ2n) is 6.11. The van der Waals surface area contributed by atoms with Gasteiger partial charge < -0.3 is 4.57 Å². The quantitative estimate of drug-likeness (QED) is 0.838. The van der Waals surface area contributed by atoms with Gasteiger partial charge in [-0.25, -0.2) is 4.98 Å². The average molecular weight is 323 g/mol. The molecule has 1 fully saturated rings. The molecule has 0 spiro atoms. The maximum Gasteiger partial charge on any atom is 0.416 e. The highest BCUT2D eigenvalue weighted by Gasteiger charge is 2.31. The van der Waals surface area contributed by atoms with E-state index in [0.717, 1.165) is 43.5 Å². The van der Waals surface area contributed by atoms with Crippen molar-refractivity contribution in [1.29, 1.82) is 0 Å². The smallest absolute Gasteiger partial charge is 0.335 e. The standard InChI is InChI=1S/C17H20F3N3/c1-2-16-21-6-7-23(16)12-14-10-22(11-14)9-13-4-3-5-15(8-13)17(18,19)20/h3-8,14H,2,9-12H2,1H3. The summed E-state index contributed by atoms with van der Waals surface area (Å²) < 4.78 is 40.3. The molecular weight excluding hydrogens is 303 g/mol. The highest BCUT2D eigenvalue weighted by atomic mass is 19.4. The Morgan fingerprint density at radius 1 is 1.26 bits per heavy atom. The molecule has 124 valence electrons. The summed E-state index contributed by atoms with van der Waals surface area (Å²) in [5.74, 6) is 1.63. The van der Waals surface area contributed by atoms with Gasteiger partial charge >= 0.3 is 6.18 Å². The number of hydrogen-bond donors (Lipinski definition) is 0. The molecule has 0 bridgehead atoms. The van der Waals surface area contributed by atoms with E-state index in [1.807, 2.05) is 12.4 Å². The number of benzene rings is 1. The van der Waals surface area contributed by atoms with Crippen LogP contribution in [0.5, 0.6) is 0 Å². The van der Waals surface area contributed by atoms with Gasteiger partial charge in [0.2, 0.25) is 0 Å². The van der Waals surface area contributed by atoms with E-state index >= 15 is 0 Å². The number of likely N-dealkylation sites (tertiary alicyclic amines) is 1. The van der Waals surface area contributed by atoms with Crippen molar-refractivity contribution in [2.75, 3.05) is 13.1 Å². The van der Waals surface area contributed by atoms with Gasteiger partial charge in [-0.1, -0.05) is 25.1 Å². The molecule has 0 unspecified atom stereocenters. The van der Waals surface area contributed by atoms with Gasteiger partial charge in [0, 0.05) is 50.9 Å². The molecule has 1 aromatic heterocycles. The third-order valence-electron chi connectivity index (χ3n) is 4.27. The zero-order valence-electron chi connectivity index (χ0n) is 13.1. The highest BCUT2D eigenvalue weighted by molar-refractivity contribution is 5.25. The van der Waals surface area contributed by atoms with Crippen LogP contribution >= 0.6 is 0 Å². The second-order valence-corrected chi connectivity index (χ2v) is 6.11. The van der Waals surface area contributed by atoms with E-state index in [9.17, 15) is 13.2 Å². The van der Waals surface area contributed by atoms with E-state index in [-0.39, 0.29) is 0 Å². The van der Waals surface area contributed by atoms with Gasteiger partial charge in [-0.05, 0) is 11.6 Å². The summed E-state index contributed by atoms with van der Waals surface area (Å²) >= 11 is 0. The lowest BCUT2D eigenvalue weighted by Gasteiger charge is -2.39. The number of imidazole rings is 1. The van der Waals surface area contributed by atoms with Crippen molar-refractivity contribution < 1.29 is 13.2 Å². The maximum atomic E-state index is 12.7. The van der Waals surface area contributed by atoms with E-state index in [2.05, 4.69) is 21.4 Å². The number of nitrogens with zero attached hydrogens (tertiary/aromatic N) is 3. The lowest BCUT2D eigenvalue weighted by Crippen LogP contribution is -2.47. The van der Waals surface area contributed by atoms with E-state index in [4.69, 9.17) is 0 Å². The van der Waals surface area contributed by atoms with Crippen LogP contribution in [0.1, 0.15) is 23.9 Å². The molecule has 0 amide bonds. The largest absolute Gasteiger partial charge is 0.416 e. The van der Waals surface area contributed by atoms with Crippen LogP contribution in [0.25, 0.3) is 0 Å². The SMILES string of the molecule is CCc1nccn1CC1CN(Cc2cccc(C(F)(F)F)c2)C1. The molecule has 1 aliphatic rings. The zero-order valence-corrected chi connectivity index (χ0v) is 13.1. The minimum Gasteiger partial charge on any atom is -0.335 e. The Hall–Kier alpha value is -1.82. The predicted octanol–water partition coefficient (Wildman–Crippen LogP) is 3.60. The average Bonchev–Trinajstić information content (AvgIpc) is 2.91. The summed E-state index contributed by atoms with van der Waals surface area (Å²) in [5.41, 5.74) is 0.147. The Balaban J connectivity index is 1.53. The Morgan fingerprint density at radius 2 is 2.04 bits per heavy atom. The second kappa shape index (κ2) is 6.35. The minimum atomic E-state index is -4.27. The molecule has 23 heavy (non-hydrogen) atoms. The van der Waals surface area contributed by atoms with E-state index in [1.54, 1.807) is 6.07 Å². The van der Waals surface area contributed by atoms with Gasteiger partial charge in [-0.3, -0.25) is 4.90 Å². The number of aryl methyl sites for hydroxylation is 1. The summed E-state index contributed by atoms with van der Waals surface area (Å²) in [6.45, 7) is 5.42. The van der Waals surface area contributed by atoms with Crippen LogP contribution in [0.4, 0.5) is 13.2 Å². The molecule has 0 atom stereocenters. The monoisotopic (exact) mass is 323 g/mol. The molecule has 2 aromatic rings. The molecule has 1 saturated heterocycles. The van der Waals surface area contributed by atoms with Gasteiger partial charge in [-0.2, -0.15) is 13.2 Å². The van der Waals surface area contributed by atoms with Gasteiger partial charge in [0.1, 0.15) is 5.82 Å². The minimum absolute atomic E-state index is 0.542. The summed E-state index contributed by atoms with van der Waals surface area (Å²) in [4.78, 5) is 6.49. The predicted molar refractivity (Wildman–Crippen MR) is 81.8 cm³/mol. The molecular formula is C17H20F3N3. The molecule has 0 saturated carbocycles. The zero-order chi connectivity index (χ0) is 16.4. The van der Waals surface area contributed by atoms with Gasteiger partial charge in [0.25, 0.3) is 0 Å².